The fourth-order valence-electron chi connectivity index (χ4n) is 3.62. The third-order valence-corrected chi connectivity index (χ3v) is 5.16. The lowest BCUT2D eigenvalue weighted by Crippen LogP contribution is -1.97. The molecule has 4 nitrogen and oxygen atoms in total. The van der Waals surface area contributed by atoms with Crippen LogP contribution in [0.2, 0.25) is 0 Å². The van der Waals surface area contributed by atoms with Crippen molar-refractivity contribution in [3.8, 4) is 23.1 Å². The van der Waals surface area contributed by atoms with Crippen molar-refractivity contribution >= 4 is 17.2 Å². The van der Waals surface area contributed by atoms with E-state index in [-0.39, 0.29) is 0 Å². The maximum atomic E-state index is 4.93. The number of hydrogen-bond donors (Lipinski definition) is 1. The average molecular weight is 415 g/mol. The van der Waals surface area contributed by atoms with Gasteiger partial charge >= 0.3 is 0 Å². The zero-order chi connectivity index (χ0) is 21.9. The summed E-state index contributed by atoms with van der Waals surface area (Å²) in [7, 11) is 0. The van der Waals surface area contributed by atoms with Gasteiger partial charge in [0.05, 0.1) is 0 Å². The van der Waals surface area contributed by atoms with Crippen LogP contribution >= 0.6 is 0 Å². The van der Waals surface area contributed by atoms with Gasteiger partial charge in [-0.2, -0.15) is 0 Å². The topological polar surface area (TPSA) is 42.2 Å². The van der Waals surface area contributed by atoms with Gasteiger partial charge < -0.3 is 5.32 Å². The summed E-state index contributed by atoms with van der Waals surface area (Å²) >= 11 is 0. The second-order valence-corrected chi connectivity index (χ2v) is 7.73. The van der Waals surface area contributed by atoms with E-state index in [0.29, 0.717) is 0 Å². The van der Waals surface area contributed by atoms with Crippen molar-refractivity contribution in [1.82, 2.24) is 14.4 Å². The molecule has 0 aliphatic heterocycles. The fourth-order valence-corrected chi connectivity index (χ4v) is 3.62. The quantitative estimate of drug-likeness (QED) is 0.360. The van der Waals surface area contributed by atoms with Crippen LogP contribution < -0.4 is 5.32 Å². The molecule has 0 bridgehead atoms. The van der Waals surface area contributed by atoms with E-state index >= 15 is 0 Å². The first-order valence-corrected chi connectivity index (χ1v) is 10.5. The first kappa shape index (κ1) is 19.6. The third kappa shape index (κ3) is 4.10. The second-order valence-electron chi connectivity index (χ2n) is 7.73. The molecule has 5 aromatic rings. The maximum Gasteiger partial charge on any atom is 0.143 e. The maximum absolute atomic E-state index is 4.93. The highest BCUT2D eigenvalue weighted by Crippen LogP contribution is 2.31. The molecule has 4 heteroatoms. The molecular formula is C28H22N4. The van der Waals surface area contributed by atoms with E-state index in [1.165, 1.54) is 5.56 Å². The molecule has 3 aromatic heterocycles. The number of para-hydroxylation sites is 1. The standard InChI is InChI=1S/C28H22N4/c1-20-14-17-26-31-27(28(32(26)19-20)30-24-11-4-3-5-12-24)23-10-7-9-22(18-23)15-16-25-13-6-8-21(2)29-25/h3-14,17-19,30H,1-2H3. The molecule has 5 rings (SSSR count). The van der Waals surface area contributed by atoms with E-state index in [2.05, 4.69) is 70.0 Å². The molecule has 2 aromatic carbocycles. The highest BCUT2D eigenvalue weighted by Gasteiger charge is 2.15. The van der Waals surface area contributed by atoms with Crippen LogP contribution in [0.4, 0.5) is 11.5 Å². The van der Waals surface area contributed by atoms with Crippen LogP contribution in [0.15, 0.2) is 91.1 Å². The van der Waals surface area contributed by atoms with Gasteiger partial charge in [0, 0.05) is 28.7 Å². The summed E-state index contributed by atoms with van der Waals surface area (Å²) in [5.41, 5.74) is 7.62. The van der Waals surface area contributed by atoms with Gasteiger partial charge in [-0.05, 0) is 67.8 Å². The van der Waals surface area contributed by atoms with Crippen LogP contribution in [0, 0.1) is 25.7 Å². The van der Waals surface area contributed by atoms with Crippen LogP contribution in [0.25, 0.3) is 16.9 Å². The monoisotopic (exact) mass is 414 g/mol. The molecule has 1 N–H and O–H groups in total. The smallest absolute Gasteiger partial charge is 0.143 e. The number of pyridine rings is 2. The minimum atomic E-state index is 0.769. The van der Waals surface area contributed by atoms with Crippen LogP contribution in [-0.2, 0) is 0 Å². The van der Waals surface area contributed by atoms with Gasteiger partial charge in [-0.15, -0.1) is 0 Å². The van der Waals surface area contributed by atoms with Crippen molar-refractivity contribution < 1.29 is 0 Å². The van der Waals surface area contributed by atoms with Crippen molar-refractivity contribution in [3.05, 3.63) is 114 Å². The zero-order valence-corrected chi connectivity index (χ0v) is 18.0. The number of hydrogen-bond acceptors (Lipinski definition) is 3. The lowest BCUT2D eigenvalue weighted by molar-refractivity contribution is 1.16. The van der Waals surface area contributed by atoms with Crippen molar-refractivity contribution in [1.29, 1.82) is 0 Å². The molecule has 0 saturated heterocycles. The predicted molar refractivity (Wildman–Crippen MR) is 130 cm³/mol. The number of aromatic nitrogens is 3. The summed E-state index contributed by atoms with van der Waals surface area (Å²) in [5.74, 6) is 7.34. The lowest BCUT2D eigenvalue weighted by Gasteiger charge is -2.09. The van der Waals surface area contributed by atoms with Gasteiger partial charge in [0.15, 0.2) is 0 Å². The Hall–Kier alpha value is -4.36. The molecule has 0 radical (unpaired) electrons. The number of nitrogens with one attached hydrogen (secondary N) is 1. The van der Waals surface area contributed by atoms with Gasteiger partial charge in [-0.1, -0.05) is 48.4 Å². The minimum absolute atomic E-state index is 0.769. The fraction of sp³-hybridized carbons (Fsp3) is 0.0714. The van der Waals surface area contributed by atoms with Gasteiger partial charge in [0.2, 0.25) is 0 Å². The molecule has 0 amide bonds. The van der Waals surface area contributed by atoms with Gasteiger partial charge in [-0.25, -0.2) is 9.97 Å². The Kier molecular flexibility index (Phi) is 5.15. The summed E-state index contributed by atoms with van der Waals surface area (Å²) < 4.78 is 2.10. The largest absolute Gasteiger partial charge is 0.339 e. The molecule has 0 aliphatic carbocycles. The molecule has 0 fully saturated rings. The normalized spacial score (nSPS) is 10.6. The summed E-state index contributed by atoms with van der Waals surface area (Å²) in [6.07, 6.45) is 2.10. The summed E-state index contributed by atoms with van der Waals surface area (Å²) in [6, 6.07) is 28.3. The number of nitrogens with zero attached hydrogens (tertiary/aromatic N) is 3. The van der Waals surface area contributed by atoms with Crippen LogP contribution in [0.1, 0.15) is 22.5 Å². The molecule has 32 heavy (non-hydrogen) atoms. The Morgan fingerprint density at radius 3 is 2.47 bits per heavy atom. The first-order chi connectivity index (χ1) is 15.7. The molecular weight excluding hydrogens is 392 g/mol. The predicted octanol–water partition coefficient (Wildman–Crippen LogP) is 6.16. The number of benzene rings is 2. The van der Waals surface area contributed by atoms with Crippen LogP contribution in [0.3, 0.4) is 0 Å². The Labute approximate surface area is 187 Å². The summed E-state index contributed by atoms with van der Waals surface area (Å²) in [6.45, 7) is 4.05. The lowest BCUT2D eigenvalue weighted by atomic mass is 10.1. The Morgan fingerprint density at radius 2 is 1.62 bits per heavy atom. The first-order valence-electron chi connectivity index (χ1n) is 10.5. The average Bonchev–Trinajstić information content (AvgIpc) is 3.16. The van der Waals surface area contributed by atoms with Crippen LogP contribution in [0.5, 0.6) is 0 Å². The third-order valence-electron chi connectivity index (χ3n) is 5.16. The van der Waals surface area contributed by atoms with Crippen molar-refractivity contribution in [2.45, 2.75) is 13.8 Å². The number of fused-ring (bicyclic) bond motifs is 1. The van der Waals surface area contributed by atoms with Gasteiger partial charge in [0.1, 0.15) is 22.9 Å². The zero-order valence-electron chi connectivity index (χ0n) is 18.0. The van der Waals surface area contributed by atoms with E-state index in [0.717, 1.165) is 45.4 Å². The Bertz CT molecular complexity index is 1470. The van der Waals surface area contributed by atoms with E-state index in [9.17, 15) is 0 Å². The number of imidazole rings is 1. The van der Waals surface area contributed by atoms with E-state index < -0.39 is 0 Å². The summed E-state index contributed by atoms with van der Waals surface area (Å²) in [5, 5.41) is 3.56. The van der Waals surface area contributed by atoms with Gasteiger partial charge in [-0.3, -0.25) is 4.40 Å². The SMILES string of the molecule is Cc1ccc2nc(-c3cccc(C#Cc4cccc(C)n4)c3)c(Nc3ccccc3)n2c1. The van der Waals surface area contributed by atoms with E-state index in [4.69, 9.17) is 4.98 Å². The van der Waals surface area contributed by atoms with E-state index in [1.54, 1.807) is 0 Å². The second kappa shape index (κ2) is 8.41. The number of anilines is 2. The molecule has 0 unspecified atom stereocenters. The van der Waals surface area contributed by atoms with Crippen molar-refractivity contribution in [2.75, 3.05) is 5.32 Å². The molecule has 0 saturated carbocycles. The highest BCUT2D eigenvalue weighted by molar-refractivity contribution is 5.80. The highest BCUT2D eigenvalue weighted by atomic mass is 15.1. The molecule has 154 valence electrons. The number of rotatable bonds is 3. The Morgan fingerprint density at radius 1 is 0.781 bits per heavy atom. The van der Waals surface area contributed by atoms with Crippen molar-refractivity contribution in [2.24, 2.45) is 0 Å². The minimum Gasteiger partial charge on any atom is -0.339 e. The van der Waals surface area contributed by atoms with Crippen LogP contribution in [-0.4, -0.2) is 14.4 Å². The molecule has 0 atom stereocenters. The van der Waals surface area contributed by atoms with Gasteiger partial charge in [0.25, 0.3) is 0 Å². The van der Waals surface area contributed by atoms with E-state index in [1.807, 2.05) is 61.5 Å². The summed E-state index contributed by atoms with van der Waals surface area (Å²) in [4.78, 5) is 9.40. The number of aryl methyl sites for hydroxylation is 2. The molecule has 0 spiro atoms. The molecule has 3 heterocycles. The Balaban J connectivity index is 1.59. The van der Waals surface area contributed by atoms with Crippen molar-refractivity contribution in [3.63, 3.8) is 0 Å². The molecule has 0 aliphatic rings.